The van der Waals surface area contributed by atoms with Crippen molar-refractivity contribution >= 4 is 35.6 Å². The molecular weight excluding hydrogens is 394 g/mol. The van der Waals surface area contributed by atoms with Gasteiger partial charge in [-0.2, -0.15) is 0 Å². The molecule has 0 fully saturated rings. The largest absolute Gasteiger partial charge is 0.296 e. The zero-order valence-corrected chi connectivity index (χ0v) is 17.2. The van der Waals surface area contributed by atoms with E-state index in [1.54, 1.807) is 54.5 Å². The Labute approximate surface area is 179 Å². The van der Waals surface area contributed by atoms with Crippen LogP contribution in [0.5, 0.6) is 0 Å². The predicted octanol–water partition coefficient (Wildman–Crippen LogP) is 4.61. The molecule has 0 spiro atoms. The van der Waals surface area contributed by atoms with Gasteiger partial charge < -0.3 is 0 Å². The van der Waals surface area contributed by atoms with Crippen LogP contribution >= 0.6 is 11.8 Å². The van der Waals surface area contributed by atoms with Gasteiger partial charge in [0.05, 0.1) is 5.92 Å². The van der Waals surface area contributed by atoms with Crippen molar-refractivity contribution in [3.05, 3.63) is 90.1 Å². The lowest BCUT2D eigenvalue weighted by Crippen LogP contribution is -2.45. The fourth-order valence-electron chi connectivity index (χ4n) is 3.35. The Bertz CT molecular complexity index is 1050. The summed E-state index contributed by atoms with van der Waals surface area (Å²) < 4.78 is 0. The number of aromatic nitrogens is 1. The van der Waals surface area contributed by atoms with E-state index in [1.165, 1.54) is 4.90 Å². The van der Waals surface area contributed by atoms with Gasteiger partial charge in [-0.1, -0.05) is 42.5 Å². The summed E-state index contributed by atoms with van der Waals surface area (Å²) in [5.74, 6) is 0.0233. The molecule has 4 rings (SSSR count). The molecule has 30 heavy (non-hydrogen) atoms. The molecule has 1 aromatic heterocycles. The summed E-state index contributed by atoms with van der Waals surface area (Å²) in [6.07, 6.45) is 4.15. The van der Waals surface area contributed by atoms with Gasteiger partial charge in [-0.3, -0.25) is 14.6 Å². The van der Waals surface area contributed by atoms with Gasteiger partial charge in [0.25, 0.3) is 5.91 Å². The molecule has 3 aromatic rings. The topological polar surface area (TPSA) is 62.6 Å². The van der Waals surface area contributed by atoms with Gasteiger partial charge in [0, 0.05) is 29.4 Å². The SMILES string of the molecule is O=C1c2ccccc2C(C=NCCCSc2ccccc2)C(=O)N1c1ccccn1. The highest BCUT2D eigenvalue weighted by molar-refractivity contribution is 7.99. The molecule has 5 nitrogen and oxygen atoms in total. The van der Waals surface area contributed by atoms with Crippen LogP contribution in [-0.4, -0.2) is 35.3 Å². The van der Waals surface area contributed by atoms with E-state index in [1.807, 2.05) is 30.3 Å². The van der Waals surface area contributed by atoms with Gasteiger partial charge in [-0.05, 0) is 48.1 Å². The van der Waals surface area contributed by atoms with Gasteiger partial charge >= 0.3 is 0 Å². The van der Waals surface area contributed by atoms with E-state index in [0.29, 0.717) is 23.5 Å². The molecule has 1 unspecified atom stereocenters. The standard InChI is InChI=1S/C24H21N3O2S/c28-23-20-12-5-4-11-19(20)21(24(29)27(23)22-13-6-7-15-26-22)17-25-14-8-16-30-18-9-2-1-3-10-18/h1-7,9-13,15,17,21H,8,14,16H2. The third-order valence-corrected chi connectivity index (χ3v) is 5.89. The Morgan fingerprint density at radius 3 is 2.53 bits per heavy atom. The van der Waals surface area contributed by atoms with Crippen LogP contribution in [0.1, 0.15) is 28.3 Å². The van der Waals surface area contributed by atoms with Crippen molar-refractivity contribution in [2.24, 2.45) is 4.99 Å². The molecule has 2 heterocycles. The summed E-state index contributed by atoms with van der Waals surface area (Å²) in [5, 5.41) is 0. The summed E-state index contributed by atoms with van der Waals surface area (Å²) in [4.78, 5) is 37.2. The van der Waals surface area contributed by atoms with Crippen LogP contribution in [0, 0.1) is 0 Å². The summed E-state index contributed by atoms with van der Waals surface area (Å²) in [6.45, 7) is 0.628. The molecule has 1 aliphatic rings. The molecule has 1 aliphatic heterocycles. The minimum Gasteiger partial charge on any atom is -0.296 e. The van der Waals surface area contributed by atoms with Crippen molar-refractivity contribution in [3.8, 4) is 0 Å². The quantitative estimate of drug-likeness (QED) is 0.245. The third-order valence-electron chi connectivity index (χ3n) is 4.79. The number of hydrogen-bond acceptors (Lipinski definition) is 5. The highest BCUT2D eigenvalue weighted by atomic mass is 32.2. The van der Waals surface area contributed by atoms with Crippen molar-refractivity contribution in [2.45, 2.75) is 17.2 Å². The molecule has 0 saturated carbocycles. The maximum Gasteiger partial charge on any atom is 0.266 e. The van der Waals surface area contributed by atoms with Crippen LogP contribution in [0.15, 0.2) is 88.9 Å². The Morgan fingerprint density at radius 1 is 0.967 bits per heavy atom. The zero-order valence-electron chi connectivity index (χ0n) is 16.3. The maximum atomic E-state index is 13.2. The van der Waals surface area contributed by atoms with Crippen molar-refractivity contribution in [3.63, 3.8) is 0 Å². The van der Waals surface area contributed by atoms with Crippen molar-refractivity contribution < 1.29 is 9.59 Å². The Kier molecular flexibility index (Phi) is 6.35. The normalized spacial score (nSPS) is 16.1. The van der Waals surface area contributed by atoms with Gasteiger partial charge in [0.15, 0.2) is 0 Å². The molecular formula is C24H21N3O2S. The van der Waals surface area contributed by atoms with Crippen LogP contribution in [0.25, 0.3) is 0 Å². The average Bonchev–Trinajstić information content (AvgIpc) is 2.79. The second-order valence-electron chi connectivity index (χ2n) is 6.80. The number of aliphatic imine (C=N–C) groups is 1. The van der Waals surface area contributed by atoms with Crippen molar-refractivity contribution in [2.75, 3.05) is 17.2 Å². The molecule has 2 amide bonds. The van der Waals surface area contributed by atoms with Crippen LogP contribution in [0.3, 0.4) is 0 Å². The van der Waals surface area contributed by atoms with Gasteiger partial charge in [0.1, 0.15) is 5.82 Å². The van der Waals surface area contributed by atoms with Gasteiger partial charge in [-0.15, -0.1) is 11.8 Å². The molecule has 150 valence electrons. The van der Waals surface area contributed by atoms with E-state index in [0.717, 1.165) is 17.1 Å². The first-order chi connectivity index (χ1) is 14.8. The minimum absolute atomic E-state index is 0.320. The number of thioether (sulfide) groups is 1. The lowest BCUT2D eigenvalue weighted by Gasteiger charge is -2.30. The number of carbonyl (C=O) groups is 2. The lowest BCUT2D eigenvalue weighted by atomic mass is 9.89. The van der Waals surface area contributed by atoms with E-state index in [-0.39, 0.29) is 11.8 Å². The number of benzene rings is 2. The molecule has 0 radical (unpaired) electrons. The number of carbonyl (C=O) groups excluding carboxylic acids is 2. The highest BCUT2D eigenvalue weighted by Gasteiger charge is 2.39. The first-order valence-corrected chi connectivity index (χ1v) is 10.8. The number of hydrogen-bond donors (Lipinski definition) is 0. The van der Waals surface area contributed by atoms with E-state index < -0.39 is 5.92 Å². The summed E-state index contributed by atoms with van der Waals surface area (Å²) in [5.41, 5.74) is 1.21. The first kappa shape index (κ1) is 20.0. The van der Waals surface area contributed by atoms with E-state index >= 15 is 0 Å². The highest BCUT2D eigenvalue weighted by Crippen LogP contribution is 2.31. The number of amides is 2. The van der Waals surface area contributed by atoms with Gasteiger partial charge in [0.2, 0.25) is 5.91 Å². The number of nitrogens with zero attached hydrogens (tertiary/aromatic N) is 3. The first-order valence-electron chi connectivity index (χ1n) is 9.82. The summed E-state index contributed by atoms with van der Waals surface area (Å²) >= 11 is 1.79. The van der Waals surface area contributed by atoms with E-state index in [4.69, 9.17) is 0 Å². The smallest absolute Gasteiger partial charge is 0.266 e. The molecule has 0 saturated heterocycles. The monoisotopic (exact) mass is 415 g/mol. The fourth-order valence-corrected chi connectivity index (χ4v) is 4.20. The molecule has 0 N–H and O–H groups in total. The number of imide groups is 1. The molecule has 0 bridgehead atoms. The Balaban J connectivity index is 1.47. The van der Waals surface area contributed by atoms with Crippen LogP contribution < -0.4 is 4.90 Å². The Hall–Kier alpha value is -3.25. The van der Waals surface area contributed by atoms with E-state index in [2.05, 4.69) is 22.1 Å². The average molecular weight is 416 g/mol. The molecule has 1 atom stereocenters. The molecule has 6 heteroatoms. The fraction of sp³-hybridized carbons (Fsp3) is 0.167. The van der Waals surface area contributed by atoms with E-state index in [9.17, 15) is 9.59 Å². The summed E-state index contributed by atoms with van der Waals surface area (Å²) in [6, 6.07) is 22.6. The molecule has 2 aromatic carbocycles. The number of rotatable bonds is 7. The van der Waals surface area contributed by atoms with Crippen molar-refractivity contribution in [1.29, 1.82) is 0 Å². The summed E-state index contributed by atoms with van der Waals surface area (Å²) in [7, 11) is 0. The van der Waals surface area contributed by atoms with Crippen molar-refractivity contribution in [1.82, 2.24) is 4.98 Å². The van der Waals surface area contributed by atoms with Crippen LogP contribution in [0.4, 0.5) is 5.82 Å². The number of pyridine rings is 1. The lowest BCUT2D eigenvalue weighted by molar-refractivity contribution is -0.118. The number of anilines is 1. The Morgan fingerprint density at radius 2 is 1.73 bits per heavy atom. The third kappa shape index (κ3) is 4.33. The second-order valence-corrected chi connectivity index (χ2v) is 7.97. The van der Waals surface area contributed by atoms with Crippen LogP contribution in [-0.2, 0) is 4.79 Å². The second kappa shape index (κ2) is 9.50. The van der Waals surface area contributed by atoms with Gasteiger partial charge in [-0.25, -0.2) is 9.88 Å². The zero-order chi connectivity index (χ0) is 20.8. The molecule has 0 aliphatic carbocycles. The van der Waals surface area contributed by atoms with Crippen LogP contribution in [0.2, 0.25) is 0 Å². The predicted molar refractivity (Wildman–Crippen MR) is 120 cm³/mol. The number of fused-ring (bicyclic) bond motifs is 1. The minimum atomic E-state index is -0.595. The maximum absolute atomic E-state index is 13.2.